The number of halogens is 6. The Balaban J connectivity index is 2.06. The van der Waals surface area contributed by atoms with Crippen LogP contribution >= 0.6 is 11.8 Å². The largest absolute Gasteiger partial charge is 0.417 e. The summed E-state index contributed by atoms with van der Waals surface area (Å²) in [5.74, 6) is -0.617. The molecule has 3 nitrogen and oxygen atoms in total. The van der Waals surface area contributed by atoms with Crippen LogP contribution in [0.5, 0.6) is 0 Å². The number of carbonyl (C=O) groups is 1. The van der Waals surface area contributed by atoms with Gasteiger partial charge in [0.05, 0.1) is 15.9 Å². The predicted octanol–water partition coefficient (Wildman–Crippen LogP) is 5.63. The first kappa shape index (κ1) is 21.1. The van der Waals surface area contributed by atoms with Gasteiger partial charge < -0.3 is 5.32 Å². The fraction of sp³-hybridized carbons (Fsp3) is 0.294. The smallest absolute Gasteiger partial charge is 0.309 e. The number of hydrogen-bond acceptors (Lipinski definition) is 3. The Hall–Kier alpha value is -2.23. The van der Waals surface area contributed by atoms with E-state index in [9.17, 15) is 31.1 Å². The molecule has 0 saturated carbocycles. The number of anilines is 1. The van der Waals surface area contributed by atoms with Gasteiger partial charge in [0.15, 0.2) is 0 Å². The van der Waals surface area contributed by atoms with E-state index >= 15 is 0 Å². The number of nitrogens with zero attached hydrogens (tertiary/aromatic N) is 1. The van der Waals surface area contributed by atoms with E-state index in [1.165, 1.54) is 26.0 Å². The molecule has 2 rings (SSSR count). The van der Waals surface area contributed by atoms with Gasteiger partial charge in [0.2, 0.25) is 5.91 Å². The number of thioether (sulfide) groups is 1. The third kappa shape index (κ3) is 5.62. The lowest BCUT2D eigenvalue weighted by atomic mass is 10.2. The average Bonchev–Trinajstić information content (AvgIpc) is 2.53. The minimum Gasteiger partial charge on any atom is -0.309 e. The van der Waals surface area contributed by atoms with Crippen LogP contribution in [-0.4, -0.2) is 15.6 Å². The summed E-state index contributed by atoms with van der Waals surface area (Å²) >= 11 is 1.01. The Kier molecular flexibility index (Phi) is 5.79. The summed E-state index contributed by atoms with van der Waals surface area (Å²) in [6.07, 6.45) is -8.39. The molecule has 0 unspecified atom stereocenters. The molecular formula is C17H14F6N2OS. The first-order valence-corrected chi connectivity index (χ1v) is 8.32. The summed E-state index contributed by atoms with van der Waals surface area (Å²) in [5, 5.41) is 2.40. The van der Waals surface area contributed by atoms with E-state index in [0.29, 0.717) is 11.1 Å². The molecule has 1 aromatic heterocycles. The molecule has 0 fully saturated rings. The summed E-state index contributed by atoms with van der Waals surface area (Å²) in [4.78, 5) is 16.4. The molecule has 1 heterocycles. The van der Waals surface area contributed by atoms with Crippen molar-refractivity contribution in [3.05, 3.63) is 53.7 Å². The quantitative estimate of drug-likeness (QED) is 0.527. The fourth-order valence-electron chi connectivity index (χ4n) is 1.96. The highest BCUT2D eigenvalue weighted by molar-refractivity contribution is 8.01. The molecule has 0 saturated heterocycles. The number of nitrogens with one attached hydrogen (secondary N) is 1. The number of benzene rings is 1. The molecular weight excluding hydrogens is 394 g/mol. The number of carbonyl (C=O) groups excluding carboxylic acids is 1. The van der Waals surface area contributed by atoms with Crippen LogP contribution in [-0.2, 0) is 17.1 Å². The van der Waals surface area contributed by atoms with Crippen LogP contribution in [0.4, 0.5) is 32.2 Å². The summed E-state index contributed by atoms with van der Waals surface area (Å²) in [6.45, 7) is 3.07. The molecule has 0 bridgehead atoms. The van der Waals surface area contributed by atoms with Gasteiger partial charge in [0.25, 0.3) is 0 Å². The van der Waals surface area contributed by atoms with Gasteiger partial charge in [-0.1, -0.05) is 0 Å². The molecule has 146 valence electrons. The zero-order valence-electron chi connectivity index (χ0n) is 14.1. The SMILES string of the molecule is CC(C)(Sc1ccc(C(F)(F)F)cc1)C(=O)Nc1ccc(C(F)(F)F)cn1. The van der Waals surface area contributed by atoms with Gasteiger partial charge in [-0.15, -0.1) is 11.8 Å². The molecule has 1 amide bonds. The van der Waals surface area contributed by atoms with Gasteiger partial charge >= 0.3 is 12.4 Å². The van der Waals surface area contributed by atoms with Gasteiger partial charge in [-0.25, -0.2) is 4.98 Å². The lowest BCUT2D eigenvalue weighted by molar-refractivity contribution is -0.138. The van der Waals surface area contributed by atoms with E-state index in [2.05, 4.69) is 10.3 Å². The van der Waals surface area contributed by atoms with Crippen LogP contribution in [0.15, 0.2) is 47.5 Å². The van der Waals surface area contributed by atoms with Crippen LogP contribution in [0.25, 0.3) is 0 Å². The van der Waals surface area contributed by atoms with Crippen molar-refractivity contribution in [1.29, 1.82) is 0 Å². The van der Waals surface area contributed by atoms with Crippen LogP contribution in [0, 0.1) is 0 Å². The van der Waals surface area contributed by atoms with Crippen molar-refractivity contribution in [3.8, 4) is 0 Å². The Morgan fingerprint density at radius 1 is 0.889 bits per heavy atom. The summed E-state index contributed by atoms with van der Waals surface area (Å²) in [7, 11) is 0. The Labute approximate surface area is 155 Å². The minimum absolute atomic E-state index is 0.0610. The van der Waals surface area contributed by atoms with E-state index in [4.69, 9.17) is 0 Å². The number of hydrogen-bond donors (Lipinski definition) is 1. The highest BCUT2D eigenvalue weighted by Gasteiger charge is 2.33. The highest BCUT2D eigenvalue weighted by Crippen LogP contribution is 2.36. The molecule has 0 aliphatic carbocycles. The molecule has 0 spiro atoms. The zero-order chi connectivity index (χ0) is 20.5. The first-order chi connectivity index (χ1) is 12.3. The maximum atomic E-state index is 12.6. The minimum atomic E-state index is -4.53. The van der Waals surface area contributed by atoms with Crippen LogP contribution in [0.2, 0.25) is 0 Å². The molecule has 10 heteroatoms. The molecule has 2 aromatic rings. The fourth-order valence-corrected chi connectivity index (χ4v) is 2.96. The Bertz CT molecular complexity index is 798. The standard InChI is InChI=1S/C17H14F6N2OS/c1-15(2,27-12-6-3-10(4-7-12)16(18,19)20)14(26)25-13-8-5-11(9-24-13)17(21,22)23/h3-9H,1-2H3,(H,24,25,26). The van der Waals surface area contributed by atoms with Crippen LogP contribution < -0.4 is 5.32 Å². The van der Waals surface area contributed by atoms with Gasteiger partial charge in [0, 0.05) is 11.1 Å². The molecule has 0 aliphatic rings. The van der Waals surface area contributed by atoms with Crippen LogP contribution in [0.3, 0.4) is 0 Å². The van der Waals surface area contributed by atoms with Crippen molar-refractivity contribution in [2.24, 2.45) is 0 Å². The van der Waals surface area contributed by atoms with Gasteiger partial charge in [0.1, 0.15) is 5.82 Å². The first-order valence-electron chi connectivity index (χ1n) is 7.50. The summed E-state index contributed by atoms with van der Waals surface area (Å²) < 4.78 is 74.2. The van der Waals surface area contributed by atoms with E-state index in [1.807, 2.05) is 0 Å². The van der Waals surface area contributed by atoms with E-state index < -0.39 is 34.1 Å². The maximum absolute atomic E-state index is 12.6. The van der Waals surface area contributed by atoms with Gasteiger partial charge in [-0.2, -0.15) is 26.3 Å². The average molecular weight is 408 g/mol. The van der Waals surface area contributed by atoms with E-state index in [1.54, 1.807) is 0 Å². The molecule has 27 heavy (non-hydrogen) atoms. The van der Waals surface area contributed by atoms with Crippen LogP contribution in [0.1, 0.15) is 25.0 Å². The Morgan fingerprint density at radius 3 is 1.85 bits per heavy atom. The molecule has 0 radical (unpaired) electrons. The Morgan fingerprint density at radius 2 is 1.41 bits per heavy atom. The van der Waals surface area contributed by atoms with Gasteiger partial charge in [-0.3, -0.25) is 4.79 Å². The van der Waals surface area contributed by atoms with E-state index in [-0.39, 0.29) is 5.82 Å². The topological polar surface area (TPSA) is 42.0 Å². The number of aromatic nitrogens is 1. The summed E-state index contributed by atoms with van der Waals surface area (Å²) in [5.41, 5.74) is -1.75. The second-order valence-corrected chi connectivity index (χ2v) is 7.71. The third-order valence-electron chi connectivity index (χ3n) is 3.43. The monoisotopic (exact) mass is 408 g/mol. The molecule has 0 aliphatic heterocycles. The molecule has 1 aromatic carbocycles. The second-order valence-electron chi connectivity index (χ2n) is 6.02. The van der Waals surface area contributed by atoms with E-state index in [0.717, 1.165) is 36.0 Å². The third-order valence-corrected chi connectivity index (χ3v) is 4.64. The number of amides is 1. The molecule has 0 atom stereocenters. The molecule has 1 N–H and O–H groups in total. The van der Waals surface area contributed by atoms with Crippen molar-refractivity contribution >= 4 is 23.5 Å². The maximum Gasteiger partial charge on any atom is 0.417 e. The highest BCUT2D eigenvalue weighted by atomic mass is 32.2. The normalized spacial score (nSPS) is 12.7. The number of rotatable bonds is 4. The summed E-state index contributed by atoms with van der Waals surface area (Å²) in [6, 6.07) is 6.14. The van der Waals surface area contributed by atoms with Gasteiger partial charge in [-0.05, 0) is 50.2 Å². The van der Waals surface area contributed by atoms with Crippen molar-refractivity contribution in [1.82, 2.24) is 4.98 Å². The number of alkyl halides is 6. The predicted molar refractivity (Wildman–Crippen MR) is 89.2 cm³/mol. The van der Waals surface area contributed by atoms with Crippen molar-refractivity contribution in [2.45, 2.75) is 35.8 Å². The van der Waals surface area contributed by atoms with Crippen molar-refractivity contribution in [2.75, 3.05) is 5.32 Å². The second kappa shape index (κ2) is 7.41. The number of pyridine rings is 1. The van der Waals surface area contributed by atoms with Crippen molar-refractivity contribution in [3.63, 3.8) is 0 Å². The van der Waals surface area contributed by atoms with Crippen molar-refractivity contribution < 1.29 is 31.1 Å². The lowest BCUT2D eigenvalue weighted by Gasteiger charge is -2.23. The lowest BCUT2D eigenvalue weighted by Crippen LogP contribution is -2.34. The zero-order valence-corrected chi connectivity index (χ0v) is 14.9.